The molecule has 0 radical (unpaired) electrons. The maximum atomic E-state index is 5.91. The van der Waals surface area contributed by atoms with Crippen LogP contribution < -0.4 is 10.5 Å². The van der Waals surface area contributed by atoms with Crippen LogP contribution in [-0.2, 0) is 6.42 Å². The van der Waals surface area contributed by atoms with Gasteiger partial charge in [0.25, 0.3) is 0 Å². The highest BCUT2D eigenvalue weighted by atomic mass is 16.5. The summed E-state index contributed by atoms with van der Waals surface area (Å²) in [4.78, 5) is 0. The fourth-order valence-electron chi connectivity index (χ4n) is 2.19. The number of aryl methyl sites for hydroxylation is 1. The lowest BCUT2D eigenvalue weighted by molar-refractivity contribution is 0.101. The first-order chi connectivity index (χ1) is 8.42. The summed E-state index contributed by atoms with van der Waals surface area (Å²) in [5, 5.41) is 0. The van der Waals surface area contributed by atoms with E-state index < -0.39 is 0 Å². The molecule has 1 aromatic rings. The Morgan fingerprint density at radius 1 is 1.28 bits per heavy atom. The van der Waals surface area contributed by atoms with E-state index in [0.717, 1.165) is 25.0 Å². The second-order valence-electron chi connectivity index (χ2n) is 6.68. The van der Waals surface area contributed by atoms with Gasteiger partial charge in [0, 0.05) is 6.04 Å². The number of nitrogens with two attached hydrogens (primary N) is 1. The minimum Gasteiger partial charge on any atom is -0.490 e. The van der Waals surface area contributed by atoms with Crippen molar-refractivity contribution in [3.8, 4) is 5.75 Å². The molecule has 18 heavy (non-hydrogen) atoms. The van der Waals surface area contributed by atoms with Crippen molar-refractivity contribution in [2.45, 2.75) is 58.6 Å². The molecule has 0 bridgehead atoms. The van der Waals surface area contributed by atoms with Gasteiger partial charge in [-0.05, 0) is 48.8 Å². The summed E-state index contributed by atoms with van der Waals surface area (Å²) in [6, 6.07) is 8.84. The Bertz CT molecular complexity index is 388. The molecule has 0 aromatic heterocycles. The lowest BCUT2D eigenvalue weighted by Crippen LogP contribution is -2.43. The highest BCUT2D eigenvalue weighted by Crippen LogP contribution is 2.26. The average molecular weight is 247 g/mol. The summed E-state index contributed by atoms with van der Waals surface area (Å²) < 4.78 is 5.91. The number of benzene rings is 1. The second-order valence-corrected chi connectivity index (χ2v) is 6.68. The van der Waals surface area contributed by atoms with Gasteiger partial charge in [0.1, 0.15) is 11.9 Å². The summed E-state index contributed by atoms with van der Waals surface area (Å²) in [7, 11) is 0. The van der Waals surface area contributed by atoms with Gasteiger partial charge in [-0.15, -0.1) is 0 Å². The molecule has 2 heteroatoms. The molecule has 0 spiro atoms. The molecule has 1 fully saturated rings. The van der Waals surface area contributed by atoms with Crippen LogP contribution in [0.15, 0.2) is 24.3 Å². The first kappa shape index (κ1) is 13.4. The molecule has 2 N–H and O–H groups in total. The Morgan fingerprint density at radius 3 is 2.61 bits per heavy atom. The first-order valence-electron chi connectivity index (χ1n) is 6.93. The molecule has 1 aliphatic carbocycles. The molecular formula is C16H25NO. The molecule has 1 aliphatic rings. The minimum atomic E-state index is 0.331. The summed E-state index contributed by atoms with van der Waals surface area (Å²) in [5.41, 5.74) is 7.52. The van der Waals surface area contributed by atoms with E-state index in [1.165, 1.54) is 12.0 Å². The number of hydrogen-bond acceptors (Lipinski definition) is 2. The van der Waals surface area contributed by atoms with Crippen LogP contribution in [0.2, 0.25) is 0 Å². The smallest absolute Gasteiger partial charge is 0.119 e. The topological polar surface area (TPSA) is 35.2 Å². The van der Waals surface area contributed by atoms with Crippen molar-refractivity contribution in [3.05, 3.63) is 29.8 Å². The van der Waals surface area contributed by atoms with Crippen LogP contribution in [-0.4, -0.2) is 12.1 Å². The molecule has 0 atom stereocenters. The standard InChI is InChI=1S/C16H25NO/c1-16(2,3)8-7-12-5-4-6-14(9-12)18-15-10-13(17)11-15/h4-6,9,13,15H,7-8,10-11,17H2,1-3H3. The highest BCUT2D eigenvalue weighted by molar-refractivity contribution is 5.29. The largest absolute Gasteiger partial charge is 0.490 e. The van der Waals surface area contributed by atoms with E-state index in [1.807, 2.05) is 6.07 Å². The van der Waals surface area contributed by atoms with Crippen molar-refractivity contribution in [3.63, 3.8) is 0 Å². The Balaban J connectivity index is 1.89. The van der Waals surface area contributed by atoms with Crippen LogP contribution in [0.3, 0.4) is 0 Å². The third-order valence-corrected chi connectivity index (χ3v) is 3.50. The lowest BCUT2D eigenvalue weighted by Gasteiger charge is -2.32. The molecule has 1 aromatic carbocycles. The van der Waals surface area contributed by atoms with E-state index >= 15 is 0 Å². The zero-order valence-corrected chi connectivity index (χ0v) is 11.8. The average Bonchev–Trinajstić information content (AvgIpc) is 2.24. The maximum absolute atomic E-state index is 5.91. The first-order valence-corrected chi connectivity index (χ1v) is 6.93. The normalized spacial score (nSPS) is 23.6. The summed E-state index contributed by atoms with van der Waals surface area (Å²) in [6.07, 6.45) is 4.63. The third-order valence-electron chi connectivity index (χ3n) is 3.50. The van der Waals surface area contributed by atoms with Crippen LogP contribution in [0.4, 0.5) is 0 Å². The molecule has 0 heterocycles. The molecule has 0 unspecified atom stereocenters. The fourth-order valence-corrected chi connectivity index (χ4v) is 2.19. The Kier molecular flexibility index (Phi) is 3.96. The van der Waals surface area contributed by atoms with Crippen LogP contribution >= 0.6 is 0 Å². The SMILES string of the molecule is CC(C)(C)CCc1cccc(OC2CC(N)C2)c1. The van der Waals surface area contributed by atoms with Gasteiger partial charge in [-0.1, -0.05) is 32.9 Å². The number of rotatable bonds is 4. The zero-order valence-electron chi connectivity index (χ0n) is 11.8. The molecule has 0 saturated heterocycles. The maximum Gasteiger partial charge on any atom is 0.119 e. The van der Waals surface area contributed by atoms with Gasteiger partial charge in [0.2, 0.25) is 0 Å². The molecule has 2 nitrogen and oxygen atoms in total. The monoisotopic (exact) mass is 247 g/mol. The summed E-state index contributed by atoms with van der Waals surface area (Å²) >= 11 is 0. The summed E-state index contributed by atoms with van der Waals surface area (Å²) in [5.74, 6) is 0.998. The van der Waals surface area contributed by atoms with Crippen LogP contribution in [0.25, 0.3) is 0 Å². The van der Waals surface area contributed by atoms with Gasteiger partial charge in [-0.25, -0.2) is 0 Å². The number of ether oxygens (including phenoxy) is 1. The van der Waals surface area contributed by atoms with Crippen molar-refractivity contribution in [2.24, 2.45) is 11.1 Å². The van der Waals surface area contributed by atoms with Gasteiger partial charge in [0.15, 0.2) is 0 Å². The quantitative estimate of drug-likeness (QED) is 0.883. The molecule has 0 aliphatic heterocycles. The highest BCUT2D eigenvalue weighted by Gasteiger charge is 2.27. The second kappa shape index (κ2) is 5.31. The minimum absolute atomic E-state index is 0.331. The Hall–Kier alpha value is -1.02. The van der Waals surface area contributed by atoms with Gasteiger partial charge in [0.05, 0.1) is 0 Å². The van der Waals surface area contributed by atoms with Crippen molar-refractivity contribution >= 4 is 0 Å². The van der Waals surface area contributed by atoms with Crippen LogP contribution in [0, 0.1) is 5.41 Å². The molecule has 2 rings (SSSR count). The van der Waals surface area contributed by atoms with E-state index in [-0.39, 0.29) is 0 Å². The molecule has 1 saturated carbocycles. The van der Waals surface area contributed by atoms with Crippen molar-refractivity contribution in [2.75, 3.05) is 0 Å². The summed E-state index contributed by atoms with van der Waals surface area (Å²) in [6.45, 7) is 6.84. The van der Waals surface area contributed by atoms with Gasteiger partial charge >= 0.3 is 0 Å². The van der Waals surface area contributed by atoms with E-state index in [9.17, 15) is 0 Å². The Labute approximate surface area is 111 Å². The number of hydrogen-bond donors (Lipinski definition) is 1. The molecular weight excluding hydrogens is 222 g/mol. The van der Waals surface area contributed by atoms with E-state index in [2.05, 4.69) is 39.0 Å². The zero-order chi connectivity index (χ0) is 13.2. The Morgan fingerprint density at radius 2 is 2.00 bits per heavy atom. The fraction of sp³-hybridized carbons (Fsp3) is 0.625. The van der Waals surface area contributed by atoms with Crippen molar-refractivity contribution in [1.29, 1.82) is 0 Å². The predicted octanol–water partition coefficient (Wildman–Crippen LogP) is 3.53. The predicted molar refractivity (Wildman–Crippen MR) is 75.8 cm³/mol. The van der Waals surface area contributed by atoms with Crippen LogP contribution in [0.1, 0.15) is 45.6 Å². The van der Waals surface area contributed by atoms with E-state index in [4.69, 9.17) is 10.5 Å². The van der Waals surface area contributed by atoms with Gasteiger partial charge < -0.3 is 10.5 Å². The third kappa shape index (κ3) is 4.02. The van der Waals surface area contributed by atoms with E-state index in [1.54, 1.807) is 0 Å². The van der Waals surface area contributed by atoms with Gasteiger partial charge in [-0.3, -0.25) is 0 Å². The lowest BCUT2D eigenvalue weighted by atomic mass is 9.88. The van der Waals surface area contributed by atoms with Gasteiger partial charge in [-0.2, -0.15) is 0 Å². The van der Waals surface area contributed by atoms with E-state index in [0.29, 0.717) is 17.6 Å². The van der Waals surface area contributed by atoms with Crippen molar-refractivity contribution < 1.29 is 4.74 Å². The molecule has 0 amide bonds. The van der Waals surface area contributed by atoms with Crippen molar-refractivity contribution in [1.82, 2.24) is 0 Å². The van der Waals surface area contributed by atoms with Crippen LogP contribution in [0.5, 0.6) is 5.75 Å². The molecule has 100 valence electrons.